The number of anilines is 1. The molecule has 0 atom stereocenters. The highest BCUT2D eigenvalue weighted by Gasteiger charge is 2.30. The minimum absolute atomic E-state index is 0.0424. The average Bonchev–Trinajstić information content (AvgIpc) is 3.00. The Morgan fingerprint density at radius 1 is 1.16 bits per heavy atom. The van der Waals surface area contributed by atoms with E-state index in [0.717, 1.165) is 5.69 Å². The molecule has 0 fully saturated rings. The fraction of sp³-hybridized carbons (Fsp3) is 0.278. The maximum absolute atomic E-state index is 12.1. The second-order valence-electron chi connectivity index (χ2n) is 4.89. The summed E-state index contributed by atoms with van der Waals surface area (Å²) >= 11 is 1.21. The number of carbonyl (C=O) groups is 2. The van der Waals surface area contributed by atoms with Crippen molar-refractivity contribution in [2.24, 2.45) is 0 Å². The van der Waals surface area contributed by atoms with Crippen LogP contribution in [0.5, 0.6) is 0 Å². The molecule has 7 heteroatoms. The first kappa shape index (κ1) is 18.6. The highest BCUT2D eigenvalue weighted by Crippen LogP contribution is 2.41. The lowest BCUT2D eigenvalue weighted by atomic mass is 10.2. The van der Waals surface area contributed by atoms with Gasteiger partial charge < -0.3 is 14.4 Å². The SMILES string of the molecule is CCOC(=O)CC1=CSC(=C(C#N)C(=O)OCC)N1c1ccccc1. The van der Waals surface area contributed by atoms with E-state index < -0.39 is 5.97 Å². The number of carbonyl (C=O) groups excluding carboxylic acids is 2. The van der Waals surface area contributed by atoms with Gasteiger partial charge in [0.2, 0.25) is 0 Å². The van der Waals surface area contributed by atoms with Gasteiger partial charge in [0.15, 0.2) is 5.57 Å². The van der Waals surface area contributed by atoms with Crippen molar-refractivity contribution in [3.8, 4) is 6.07 Å². The molecule has 6 nitrogen and oxygen atoms in total. The Balaban J connectivity index is 2.43. The minimum atomic E-state index is -0.681. The topological polar surface area (TPSA) is 79.6 Å². The Kier molecular flexibility index (Phi) is 6.66. The van der Waals surface area contributed by atoms with Crippen LogP contribution in [0.3, 0.4) is 0 Å². The van der Waals surface area contributed by atoms with Crippen molar-refractivity contribution >= 4 is 29.4 Å². The van der Waals surface area contributed by atoms with Gasteiger partial charge >= 0.3 is 11.9 Å². The number of rotatable bonds is 6. The van der Waals surface area contributed by atoms with E-state index in [4.69, 9.17) is 9.47 Å². The Hall–Kier alpha value is -2.72. The van der Waals surface area contributed by atoms with Crippen LogP contribution in [0.25, 0.3) is 0 Å². The molecule has 0 aromatic heterocycles. The number of ether oxygens (including phenoxy) is 2. The fourth-order valence-corrected chi connectivity index (χ4v) is 3.27. The molecule has 2 rings (SSSR count). The van der Waals surface area contributed by atoms with Gasteiger partial charge in [0, 0.05) is 11.4 Å². The van der Waals surface area contributed by atoms with Gasteiger partial charge in [-0.05, 0) is 31.4 Å². The van der Waals surface area contributed by atoms with Crippen LogP contribution in [0, 0.1) is 11.3 Å². The molecule has 0 unspecified atom stereocenters. The third-order valence-corrected chi connectivity index (χ3v) is 4.25. The molecule has 1 aliphatic heterocycles. The molecule has 0 bridgehead atoms. The summed E-state index contributed by atoms with van der Waals surface area (Å²) in [6.07, 6.45) is 0.0424. The molecule has 1 aromatic rings. The second-order valence-corrected chi connectivity index (χ2v) is 5.75. The van der Waals surface area contributed by atoms with Gasteiger partial charge in [-0.1, -0.05) is 30.0 Å². The van der Waals surface area contributed by atoms with Crippen LogP contribution < -0.4 is 4.90 Å². The van der Waals surface area contributed by atoms with E-state index >= 15 is 0 Å². The van der Waals surface area contributed by atoms with Gasteiger partial charge in [-0.3, -0.25) is 4.79 Å². The van der Waals surface area contributed by atoms with Crippen molar-refractivity contribution in [3.63, 3.8) is 0 Å². The smallest absolute Gasteiger partial charge is 0.351 e. The molecule has 130 valence electrons. The second kappa shape index (κ2) is 8.94. The van der Waals surface area contributed by atoms with Crippen LogP contribution in [0.15, 0.2) is 52.0 Å². The molecule has 1 aliphatic rings. The summed E-state index contributed by atoms with van der Waals surface area (Å²) in [7, 11) is 0. The fourth-order valence-electron chi connectivity index (χ4n) is 2.26. The molecule has 0 aliphatic carbocycles. The van der Waals surface area contributed by atoms with E-state index in [1.807, 2.05) is 36.4 Å². The number of thioether (sulfide) groups is 1. The standard InChI is InChI=1S/C18H18N2O4S/c1-3-23-16(21)10-14-12-25-17(15(11-19)18(22)24-4-2)20(14)13-8-6-5-7-9-13/h5-9,12H,3-4,10H2,1-2H3. The zero-order valence-corrected chi connectivity index (χ0v) is 14.8. The van der Waals surface area contributed by atoms with Crippen LogP contribution in [0.4, 0.5) is 5.69 Å². The lowest BCUT2D eigenvalue weighted by Crippen LogP contribution is -2.22. The van der Waals surface area contributed by atoms with Crippen molar-refractivity contribution in [3.05, 3.63) is 52.0 Å². The van der Waals surface area contributed by atoms with Gasteiger partial charge in [-0.25, -0.2) is 4.79 Å². The van der Waals surface area contributed by atoms with Crippen LogP contribution in [-0.2, 0) is 19.1 Å². The van der Waals surface area contributed by atoms with E-state index in [1.165, 1.54) is 11.8 Å². The first-order valence-corrected chi connectivity index (χ1v) is 8.68. The molecular weight excluding hydrogens is 340 g/mol. The van der Waals surface area contributed by atoms with Crippen molar-refractivity contribution in [1.29, 1.82) is 5.26 Å². The summed E-state index contributed by atoms with van der Waals surface area (Å²) in [5.74, 6) is -1.05. The molecule has 0 saturated heterocycles. The zero-order valence-electron chi connectivity index (χ0n) is 14.0. The number of benzene rings is 1. The lowest BCUT2D eigenvalue weighted by molar-refractivity contribution is -0.142. The Morgan fingerprint density at radius 2 is 1.84 bits per heavy atom. The van der Waals surface area contributed by atoms with Gasteiger partial charge in [-0.15, -0.1) is 0 Å². The molecule has 0 N–H and O–H groups in total. The van der Waals surface area contributed by atoms with Crippen molar-refractivity contribution in [2.75, 3.05) is 18.1 Å². The van der Waals surface area contributed by atoms with Crippen molar-refractivity contribution in [1.82, 2.24) is 0 Å². The van der Waals surface area contributed by atoms with Crippen LogP contribution in [-0.4, -0.2) is 25.2 Å². The number of nitriles is 1. The molecule has 1 aromatic carbocycles. The molecular formula is C18H18N2O4S. The van der Waals surface area contributed by atoms with Gasteiger partial charge in [0.1, 0.15) is 11.1 Å². The largest absolute Gasteiger partial charge is 0.466 e. The van der Waals surface area contributed by atoms with Crippen molar-refractivity contribution in [2.45, 2.75) is 20.3 Å². The van der Waals surface area contributed by atoms with E-state index in [2.05, 4.69) is 0 Å². The molecule has 0 amide bonds. The van der Waals surface area contributed by atoms with Crippen LogP contribution >= 0.6 is 11.8 Å². The summed E-state index contributed by atoms with van der Waals surface area (Å²) in [6.45, 7) is 3.89. The Morgan fingerprint density at radius 3 is 2.44 bits per heavy atom. The highest BCUT2D eigenvalue weighted by molar-refractivity contribution is 8.06. The Labute approximate surface area is 150 Å². The van der Waals surface area contributed by atoms with E-state index in [-0.39, 0.29) is 24.6 Å². The van der Waals surface area contributed by atoms with Gasteiger partial charge in [-0.2, -0.15) is 5.26 Å². The van der Waals surface area contributed by atoms with Crippen LogP contribution in [0.2, 0.25) is 0 Å². The maximum Gasteiger partial charge on any atom is 0.351 e. The summed E-state index contributed by atoms with van der Waals surface area (Å²) < 4.78 is 9.98. The number of hydrogen-bond donors (Lipinski definition) is 0. The highest BCUT2D eigenvalue weighted by atomic mass is 32.2. The summed E-state index contributed by atoms with van der Waals surface area (Å²) in [4.78, 5) is 25.7. The van der Waals surface area contributed by atoms with E-state index in [0.29, 0.717) is 17.3 Å². The first-order valence-electron chi connectivity index (χ1n) is 7.80. The van der Waals surface area contributed by atoms with Crippen molar-refractivity contribution < 1.29 is 19.1 Å². The number of nitrogens with zero attached hydrogens (tertiary/aromatic N) is 2. The zero-order chi connectivity index (χ0) is 18.2. The summed E-state index contributed by atoms with van der Waals surface area (Å²) in [5.41, 5.74) is 1.29. The average molecular weight is 358 g/mol. The maximum atomic E-state index is 12.1. The van der Waals surface area contributed by atoms with Gasteiger partial charge in [0.05, 0.1) is 19.6 Å². The molecule has 0 spiro atoms. The minimum Gasteiger partial charge on any atom is -0.466 e. The molecule has 0 radical (unpaired) electrons. The molecule has 0 saturated carbocycles. The first-order chi connectivity index (χ1) is 12.1. The monoisotopic (exact) mass is 358 g/mol. The quantitative estimate of drug-likeness (QED) is 0.438. The number of esters is 2. The number of para-hydroxylation sites is 1. The third-order valence-electron chi connectivity index (χ3n) is 3.25. The third kappa shape index (κ3) is 4.43. The predicted octanol–water partition coefficient (Wildman–Crippen LogP) is 3.33. The number of hydrogen-bond acceptors (Lipinski definition) is 7. The summed E-state index contributed by atoms with van der Waals surface area (Å²) in [6, 6.07) is 11.1. The lowest BCUT2D eigenvalue weighted by Gasteiger charge is -2.23. The van der Waals surface area contributed by atoms with Gasteiger partial charge in [0.25, 0.3) is 0 Å². The van der Waals surface area contributed by atoms with E-state index in [1.54, 1.807) is 24.2 Å². The normalized spacial score (nSPS) is 15.2. The molecule has 25 heavy (non-hydrogen) atoms. The van der Waals surface area contributed by atoms with E-state index in [9.17, 15) is 14.9 Å². The van der Waals surface area contributed by atoms with Crippen LogP contribution in [0.1, 0.15) is 20.3 Å². The molecule has 1 heterocycles. The predicted molar refractivity (Wildman–Crippen MR) is 95.1 cm³/mol. The summed E-state index contributed by atoms with van der Waals surface area (Å²) in [5, 5.41) is 11.6. The Bertz CT molecular complexity index is 750.